The Bertz CT molecular complexity index is 800. The molecule has 1 aliphatic rings. The molecular weight excluding hydrogens is 511 g/mol. The number of nitrogens with zero attached hydrogens (tertiary/aromatic N) is 2. The molecule has 0 bridgehead atoms. The highest BCUT2D eigenvalue weighted by molar-refractivity contribution is 14.0. The maximum Gasteiger partial charge on any atom is 0.191 e. The Kier molecular flexibility index (Phi) is 9.60. The van der Waals surface area contributed by atoms with Crippen molar-refractivity contribution in [2.24, 2.45) is 4.99 Å². The van der Waals surface area contributed by atoms with E-state index in [1.807, 2.05) is 18.3 Å². The number of rotatable bonds is 7. The summed E-state index contributed by atoms with van der Waals surface area (Å²) in [5, 5.41) is 8.40. The molecule has 0 amide bonds. The van der Waals surface area contributed by atoms with E-state index in [1.165, 1.54) is 4.88 Å². The predicted molar refractivity (Wildman–Crippen MR) is 126 cm³/mol. The normalized spacial score (nSPS) is 13.0. The average Bonchev–Trinajstić information content (AvgIpc) is 3.15. The fourth-order valence-electron chi connectivity index (χ4n) is 2.77. The molecule has 0 fully saturated rings. The highest BCUT2D eigenvalue weighted by atomic mass is 127. The molecule has 1 aliphatic heterocycles. The Labute approximate surface area is 192 Å². The minimum atomic E-state index is 0. The Balaban J connectivity index is 0.00000280. The van der Waals surface area contributed by atoms with Crippen molar-refractivity contribution < 1.29 is 9.47 Å². The summed E-state index contributed by atoms with van der Waals surface area (Å²) < 4.78 is 11.2. The summed E-state index contributed by atoms with van der Waals surface area (Å²) in [6.07, 6.45) is 4.70. The van der Waals surface area contributed by atoms with Crippen LogP contribution in [0, 0.1) is 0 Å². The molecule has 0 aliphatic carbocycles. The summed E-state index contributed by atoms with van der Waals surface area (Å²) in [7, 11) is 1.77. The number of guanidine groups is 1. The second-order valence-corrected chi connectivity index (χ2v) is 7.71. The molecular formula is C19H26ClIN4O2S. The molecule has 28 heavy (non-hydrogen) atoms. The third kappa shape index (κ3) is 6.38. The lowest BCUT2D eigenvalue weighted by Crippen LogP contribution is -2.39. The fourth-order valence-corrected chi connectivity index (χ4v) is 3.92. The van der Waals surface area contributed by atoms with Crippen LogP contribution in [0.3, 0.4) is 0 Å². The van der Waals surface area contributed by atoms with E-state index in [1.54, 1.807) is 18.4 Å². The maximum atomic E-state index is 6.29. The SMILES string of the molecule is CCc1cnc(CCNC(=NC)NCCc2cc(Cl)c3c(c2)OCCO3)s1.I. The average molecular weight is 537 g/mol. The molecule has 0 saturated heterocycles. The van der Waals surface area contributed by atoms with Crippen molar-refractivity contribution in [3.8, 4) is 11.5 Å². The van der Waals surface area contributed by atoms with Crippen molar-refractivity contribution >= 4 is 52.9 Å². The third-order valence-electron chi connectivity index (χ3n) is 4.17. The standard InChI is InChI=1S/C19H25ClN4O2S.HI/c1-3-14-12-24-17(27-14)5-7-23-19(21-2)22-6-4-13-10-15(20)18-16(11-13)25-8-9-26-18;/h10-12H,3-9H2,1-2H3,(H2,21,22,23);1H. The minimum absolute atomic E-state index is 0. The van der Waals surface area contributed by atoms with Crippen LogP contribution in [-0.4, -0.2) is 44.3 Å². The van der Waals surface area contributed by atoms with Crippen LogP contribution in [-0.2, 0) is 19.3 Å². The van der Waals surface area contributed by atoms with Gasteiger partial charge in [-0.1, -0.05) is 18.5 Å². The molecule has 0 spiro atoms. The van der Waals surface area contributed by atoms with Gasteiger partial charge < -0.3 is 20.1 Å². The molecule has 9 heteroatoms. The van der Waals surface area contributed by atoms with Crippen molar-refractivity contribution in [3.63, 3.8) is 0 Å². The van der Waals surface area contributed by atoms with Crippen LogP contribution >= 0.6 is 46.9 Å². The zero-order valence-corrected chi connectivity index (χ0v) is 20.0. The number of hydrogen-bond acceptors (Lipinski definition) is 5. The van der Waals surface area contributed by atoms with Gasteiger partial charge in [-0.3, -0.25) is 4.99 Å². The number of fused-ring (bicyclic) bond motifs is 1. The van der Waals surface area contributed by atoms with E-state index in [2.05, 4.69) is 27.5 Å². The van der Waals surface area contributed by atoms with Crippen LogP contribution in [0.5, 0.6) is 11.5 Å². The van der Waals surface area contributed by atoms with Gasteiger partial charge in [0.25, 0.3) is 0 Å². The Morgan fingerprint density at radius 2 is 1.96 bits per heavy atom. The third-order valence-corrected chi connectivity index (χ3v) is 5.65. The Hall–Kier alpha value is -1.26. The van der Waals surface area contributed by atoms with Crippen molar-refractivity contribution in [1.82, 2.24) is 15.6 Å². The zero-order chi connectivity index (χ0) is 19.1. The molecule has 0 radical (unpaired) electrons. The largest absolute Gasteiger partial charge is 0.486 e. The molecule has 1 aromatic carbocycles. The molecule has 154 valence electrons. The quantitative estimate of drug-likeness (QED) is 0.321. The lowest BCUT2D eigenvalue weighted by molar-refractivity contribution is 0.171. The summed E-state index contributed by atoms with van der Waals surface area (Å²) in [5.74, 6) is 2.15. The molecule has 6 nitrogen and oxygen atoms in total. The van der Waals surface area contributed by atoms with Gasteiger partial charge in [0, 0.05) is 37.6 Å². The summed E-state index contributed by atoms with van der Waals surface area (Å²) >= 11 is 8.06. The van der Waals surface area contributed by atoms with Gasteiger partial charge in [-0.05, 0) is 30.5 Å². The summed E-state index contributed by atoms with van der Waals surface area (Å²) in [6.45, 7) is 4.78. The van der Waals surface area contributed by atoms with Crippen LogP contribution in [0.15, 0.2) is 23.3 Å². The van der Waals surface area contributed by atoms with Crippen molar-refractivity contribution in [1.29, 1.82) is 0 Å². The molecule has 2 aromatic rings. The van der Waals surface area contributed by atoms with Gasteiger partial charge in [0.05, 0.1) is 10.0 Å². The number of halogens is 2. The van der Waals surface area contributed by atoms with E-state index in [4.69, 9.17) is 21.1 Å². The van der Waals surface area contributed by atoms with Gasteiger partial charge >= 0.3 is 0 Å². The first-order valence-electron chi connectivity index (χ1n) is 9.15. The van der Waals surface area contributed by atoms with Gasteiger partial charge in [0.2, 0.25) is 0 Å². The van der Waals surface area contributed by atoms with Crippen molar-refractivity contribution in [2.75, 3.05) is 33.4 Å². The summed E-state index contributed by atoms with van der Waals surface area (Å²) in [6, 6.07) is 3.92. The molecule has 3 rings (SSSR count). The highest BCUT2D eigenvalue weighted by Gasteiger charge is 2.16. The van der Waals surface area contributed by atoms with E-state index in [0.29, 0.717) is 24.0 Å². The van der Waals surface area contributed by atoms with E-state index in [9.17, 15) is 0 Å². The van der Waals surface area contributed by atoms with Crippen LogP contribution in [0.1, 0.15) is 22.4 Å². The number of thiazole rings is 1. The molecule has 2 N–H and O–H groups in total. The number of aliphatic imine (C=N–C) groups is 1. The second kappa shape index (κ2) is 11.7. The minimum Gasteiger partial charge on any atom is -0.486 e. The molecule has 0 unspecified atom stereocenters. The van der Waals surface area contributed by atoms with Gasteiger partial charge in [0.15, 0.2) is 17.5 Å². The number of aromatic nitrogens is 1. The lowest BCUT2D eigenvalue weighted by Gasteiger charge is -2.20. The molecule has 0 atom stereocenters. The number of nitrogens with one attached hydrogen (secondary N) is 2. The highest BCUT2D eigenvalue weighted by Crippen LogP contribution is 2.38. The number of ether oxygens (including phenoxy) is 2. The van der Waals surface area contributed by atoms with E-state index >= 15 is 0 Å². The van der Waals surface area contributed by atoms with Gasteiger partial charge in [-0.25, -0.2) is 4.98 Å². The van der Waals surface area contributed by atoms with Crippen LogP contribution in [0.4, 0.5) is 0 Å². The van der Waals surface area contributed by atoms with Gasteiger partial charge in [-0.15, -0.1) is 35.3 Å². The van der Waals surface area contributed by atoms with E-state index in [-0.39, 0.29) is 24.0 Å². The van der Waals surface area contributed by atoms with Crippen molar-refractivity contribution in [3.05, 3.63) is 38.8 Å². The van der Waals surface area contributed by atoms with Gasteiger partial charge in [0.1, 0.15) is 13.2 Å². The smallest absolute Gasteiger partial charge is 0.191 e. The van der Waals surface area contributed by atoms with Crippen molar-refractivity contribution in [2.45, 2.75) is 26.2 Å². The molecule has 0 saturated carbocycles. The molecule has 2 heterocycles. The number of aryl methyl sites for hydroxylation is 1. The Morgan fingerprint density at radius 1 is 1.21 bits per heavy atom. The fraction of sp³-hybridized carbons (Fsp3) is 0.474. The topological polar surface area (TPSA) is 67.8 Å². The predicted octanol–water partition coefficient (Wildman–Crippen LogP) is 3.70. The number of hydrogen-bond donors (Lipinski definition) is 2. The summed E-state index contributed by atoms with van der Waals surface area (Å²) in [4.78, 5) is 10.0. The van der Waals surface area contributed by atoms with Crippen LogP contribution in [0.2, 0.25) is 5.02 Å². The Morgan fingerprint density at radius 3 is 2.68 bits per heavy atom. The molecule has 1 aromatic heterocycles. The zero-order valence-electron chi connectivity index (χ0n) is 16.1. The van der Waals surface area contributed by atoms with Crippen LogP contribution < -0.4 is 20.1 Å². The first-order chi connectivity index (χ1) is 13.2. The maximum absolute atomic E-state index is 6.29. The summed E-state index contributed by atoms with van der Waals surface area (Å²) in [5.41, 5.74) is 1.10. The van der Waals surface area contributed by atoms with E-state index in [0.717, 1.165) is 54.6 Å². The first kappa shape index (κ1) is 23.0. The van der Waals surface area contributed by atoms with Gasteiger partial charge in [-0.2, -0.15) is 0 Å². The lowest BCUT2D eigenvalue weighted by atomic mass is 10.1. The first-order valence-corrected chi connectivity index (χ1v) is 10.3. The van der Waals surface area contributed by atoms with Crippen LogP contribution in [0.25, 0.3) is 0 Å². The second-order valence-electron chi connectivity index (χ2n) is 6.10. The monoisotopic (exact) mass is 536 g/mol. The van der Waals surface area contributed by atoms with E-state index < -0.39 is 0 Å². The number of benzene rings is 1.